The third-order valence-electron chi connectivity index (χ3n) is 4.57. The van der Waals surface area contributed by atoms with Crippen LogP contribution >= 0.6 is 11.6 Å². The summed E-state index contributed by atoms with van der Waals surface area (Å²) in [6.07, 6.45) is 1.06. The van der Waals surface area contributed by atoms with Crippen LogP contribution in [0.4, 0.5) is 5.69 Å². The molecule has 2 rings (SSSR count). The van der Waals surface area contributed by atoms with Crippen LogP contribution < -0.4 is 14.4 Å². The topological polar surface area (TPSA) is 75.7 Å². The van der Waals surface area contributed by atoms with Crippen molar-refractivity contribution in [3.63, 3.8) is 0 Å². The number of carbonyl (C=O) groups excluding carboxylic acids is 1. The number of amides is 1. The lowest BCUT2D eigenvalue weighted by atomic mass is 9.86. The highest BCUT2D eigenvalue weighted by Crippen LogP contribution is 2.31. The van der Waals surface area contributed by atoms with Gasteiger partial charge in [0.05, 0.1) is 18.5 Å². The second kappa shape index (κ2) is 9.71. The van der Waals surface area contributed by atoms with Crippen molar-refractivity contribution < 1.29 is 17.9 Å². The molecule has 30 heavy (non-hydrogen) atoms. The minimum absolute atomic E-state index is 0.0648. The first-order chi connectivity index (χ1) is 13.9. The van der Waals surface area contributed by atoms with Gasteiger partial charge in [0.25, 0.3) is 0 Å². The summed E-state index contributed by atoms with van der Waals surface area (Å²) in [5, 5.41) is 3.15. The number of carbonyl (C=O) groups is 1. The molecule has 0 atom stereocenters. The maximum absolute atomic E-state index is 12.4. The van der Waals surface area contributed by atoms with E-state index in [1.807, 2.05) is 24.3 Å². The molecule has 0 unspecified atom stereocenters. The Morgan fingerprint density at radius 1 is 1.13 bits per heavy atom. The predicted molar refractivity (Wildman–Crippen MR) is 122 cm³/mol. The fourth-order valence-corrected chi connectivity index (χ4v) is 4.07. The number of rotatable bonds is 8. The van der Waals surface area contributed by atoms with Gasteiger partial charge in [0.1, 0.15) is 18.9 Å². The Kier molecular flexibility index (Phi) is 7.77. The van der Waals surface area contributed by atoms with Gasteiger partial charge in [0.15, 0.2) is 0 Å². The molecule has 0 heterocycles. The van der Waals surface area contributed by atoms with Crippen molar-refractivity contribution in [1.82, 2.24) is 5.32 Å². The SMILES string of the molecule is Cc1c(Cl)cccc1N(CC(=O)NCCOc1ccccc1C(C)(C)C)S(C)(=O)=O. The van der Waals surface area contributed by atoms with E-state index in [0.717, 1.165) is 21.9 Å². The predicted octanol–water partition coefficient (Wildman–Crippen LogP) is 3.91. The number of para-hydroxylation sites is 1. The first kappa shape index (κ1) is 24.0. The van der Waals surface area contributed by atoms with Crippen LogP contribution in [0, 0.1) is 6.92 Å². The Labute approximate surface area is 184 Å². The zero-order valence-electron chi connectivity index (χ0n) is 18.0. The number of ether oxygens (including phenoxy) is 1. The summed E-state index contributed by atoms with van der Waals surface area (Å²) >= 11 is 6.11. The molecular weight excluding hydrogens is 424 g/mol. The summed E-state index contributed by atoms with van der Waals surface area (Å²) in [7, 11) is -3.67. The van der Waals surface area contributed by atoms with Crippen molar-refractivity contribution in [2.24, 2.45) is 0 Å². The normalized spacial score (nSPS) is 11.8. The van der Waals surface area contributed by atoms with Crippen molar-refractivity contribution in [2.45, 2.75) is 33.1 Å². The van der Waals surface area contributed by atoms with Crippen LogP contribution in [0.15, 0.2) is 42.5 Å². The molecular formula is C22H29ClN2O4S. The van der Waals surface area contributed by atoms with E-state index in [1.165, 1.54) is 0 Å². The minimum Gasteiger partial charge on any atom is -0.491 e. The van der Waals surface area contributed by atoms with Crippen molar-refractivity contribution in [3.05, 3.63) is 58.6 Å². The van der Waals surface area contributed by atoms with E-state index in [4.69, 9.17) is 16.3 Å². The first-order valence-corrected chi connectivity index (χ1v) is 11.9. The van der Waals surface area contributed by atoms with Crippen molar-refractivity contribution in [2.75, 3.05) is 30.3 Å². The standard InChI is InChI=1S/C22H29ClN2O4S/c1-16-18(23)10-8-11-19(16)25(30(5,27)28)15-21(26)24-13-14-29-20-12-7-6-9-17(20)22(2,3)4/h6-12H,13-15H2,1-5H3,(H,24,26). The summed E-state index contributed by atoms with van der Waals surface area (Å²) in [5.41, 5.74) is 2.00. The zero-order chi connectivity index (χ0) is 22.5. The summed E-state index contributed by atoms with van der Waals surface area (Å²) < 4.78 is 31.4. The third kappa shape index (κ3) is 6.37. The maximum atomic E-state index is 12.4. The molecule has 0 spiro atoms. The van der Waals surface area contributed by atoms with Crippen LogP contribution in [0.2, 0.25) is 5.02 Å². The lowest BCUT2D eigenvalue weighted by molar-refractivity contribution is -0.119. The number of nitrogens with one attached hydrogen (secondary N) is 1. The molecule has 2 aromatic carbocycles. The summed E-state index contributed by atoms with van der Waals surface area (Å²) in [6.45, 7) is 8.22. The van der Waals surface area contributed by atoms with Gasteiger partial charge in [-0.05, 0) is 41.7 Å². The average Bonchev–Trinajstić information content (AvgIpc) is 2.64. The molecule has 6 nitrogen and oxygen atoms in total. The molecule has 8 heteroatoms. The smallest absolute Gasteiger partial charge is 0.240 e. The summed E-state index contributed by atoms with van der Waals surface area (Å²) in [6, 6.07) is 12.7. The monoisotopic (exact) mass is 452 g/mol. The van der Waals surface area contributed by atoms with Crippen LogP contribution in [-0.4, -0.2) is 40.3 Å². The highest BCUT2D eigenvalue weighted by Gasteiger charge is 2.23. The second-order valence-electron chi connectivity index (χ2n) is 8.10. The van der Waals surface area contributed by atoms with Crippen LogP contribution in [0.25, 0.3) is 0 Å². The van der Waals surface area contributed by atoms with Gasteiger partial charge in [-0.15, -0.1) is 0 Å². The van der Waals surface area contributed by atoms with Crippen molar-refractivity contribution >= 4 is 33.2 Å². The Balaban J connectivity index is 1.99. The first-order valence-electron chi connectivity index (χ1n) is 9.63. The van der Waals surface area contributed by atoms with E-state index in [1.54, 1.807) is 25.1 Å². The van der Waals surface area contributed by atoms with Crippen molar-refractivity contribution in [1.29, 1.82) is 0 Å². The highest BCUT2D eigenvalue weighted by atomic mass is 35.5. The van der Waals surface area contributed by atoms with Gasteiger partial charge in [0.2, 0.25) is 15.9 Å². The molecule has 1 amide bonds. The van der Waals surface area contributed by atoms with E-state index >= 15 is 0 Å². The van der Waals surface area contributed by atoms with Crippen LogP contribution in [0.1, 0.15) is 31.9 Å². The van der Waals surface area contributed by atoms with Gasteiger partial charge in [-0.1, -0.05) is 56.6 Å². The van der Waals surface area contributed by atoms with Gasteiger partial charge in [-0.3, -0.25) is 9.10 Å². The van der Waals surface area contributed by atoms with Crippen LogP contribution in [0.3, 0.4) is 0 Å². The second-order valence-corrected chi connectivity index (χ2v) is 10.4. The van der Waals surface area contributed by atoms with E-state index < -0.39 is 15.9 Å². The largest absolute Gasteiger partial charge is 0.491 e. The Hall–Kier alpha value is -2.25. The molecule has 0 saturated carbocycles. The number of hydrogen-bond donors (Lipinski definition) is 1. The molecule has 164 valence electrons. The molecule has 0 aliphatic rings. The lowest BCUT2D eigenvalue weighted by Crippen LogP contribution is -2.41. The highest BCUT2D eigenvalue weighted by molar-refractivity contribution is 7.92. The summed E-state index contributed by atoms with van der Waals surface area (Å²) in [5.74, 6) is 0.346. The van der Waals surface area contributed by atoms with Crippen LogP contribution in [0.5, 0.6) is 5.75 Å². The van der Waals surface area contributed by atoms with Gasteiger partial charge < -0.3 is 10.1 Å². The van der Waals surface area contributed by atoms with Crippen molar-refractivity contribution in [3.8, 4) is 5.75 Å². The molecule has 0 fully saturated rings. The number of nitrogens with zero attached hydrogens (tertiary/aromatic N) is 1. The average molecular weight is 453 g/mol. The van der Waals surface area contributed by atoms with E-state index in [0.29, 0.717) is 16.3 Å². The molecule has 0 aromatic heterocycles. The number of sulfonamides is 1. The molecule has 0 radical (unpaired) electrons. The fourth-order valence-electron chi connectivity index (χ4n) is 3.00. The zero-order valence-corrected chi connectivity index (χ0v) is 19.6. The van der Waals surface area contributed by atoms with Gasteiger partial charge in [-0.2, -0.15) is 0 Å². The third-order valence-corrected chi connectivity index (χ3v) is 6.11. The van der Waals surface area contributed by atoms with E-state index in [-0.39, 0.29) is 25.1 Å². The molecule has 0 bridgehead atoms. The number of hydrogen-bond acceptors (Lipinski definition) is 4. The Morgan fingerprint density at radius 3 is 2.43 bits per heavy atom. The van der Waals surface area contributed by atoms with Gasteiger partial charge >= 0.3 is 0 Å². The quantitative estimate of drug-likeness (QED) is 0.616. The van der Waals surface area contributed by atoms with Gasteiger partial charge in [0, 0.05) is 5.02 Å². The van der Waals surface area contributed by atoms with E-state index in [9.17, 15) is 13.2 Å². The molecule has 1 N–H and O–H groups in total. The van der Waals surface area contributed by atoms with Gasteiger partial charge in [-0.25, -0.2) is 8.42 Å². The Morgan fingerprint density at radius 2 is 1.80 bits per heavy atom. The molecule has 2 aromatic rings. The number of benzene rings is 2. The minimum atomic E-state index is -3.67. The molecule has 0 saturated heterocycles. The maximum Gasteiger partial charge on any atom is 0.240 e. The van der Waals surface area contributed by atoms with Crippen LogP contribution in [-0.2, 0) is 20.2 Å². The Bertz CT molecular complexity index is 1000. The fraction of sp³-hybridized carbons (Fsp3) is 0.409. The number of halogens is 1. The van der Waals surface area contributed by atoms with E-state index in [2.05, 4.69) is 26.1 Å². The lowest BCUT2D eigenvalue weighted by Gasteiger charge is -2.24. The summed E-state index contributed by atoms with van der Waals surface area (Å²) in [4.78, 5) is 12.4. The molecule has 0 aliphatic heterocycles. The molecule has 0 aliphatic carbocycles. The number of anilines is 1.